The van der Waals surface area contributed by atoms with E-state index in [0.29, 0.717) is 12.2 Å². The molecule has 2 rings (SSSR count). The van der Waals surface area contributed by atoms with Gasteiger partial charge in [0, 0.05) is 24.8 Å². The minimum atomic E-state index is -0.447. The topological polar surface area (TPSA) is 41.1 Å². The molecular weight excluding hydrogens is 279 g/mol. The van der Waals surface area contributed by atoms with E-state index < -0.39 is 5.82 Å². The Kier molecular flexibility index (Phi) is 4.58. The van der Waals surface area contributed by atoms with E-state index in [2.05, 4.69) is 10.6 Å². The van der Waals surface area contributed by atoms with Crippen LogP contribution in [-0.4, -0.2) is 5.91 Å². The molecule has 0 radical (unpaired) electrons. The predicted molar refractivity (Wildman–Crippen MR) is 79.5 cm³/mol. The maximum absolute atomic E-state index is 13.3. The molecule has 0 bridgehead atoms. The Morgan fingerprint density at radius 1 is 1.15 bits per heavy atom. The van der Waals surface area contributed by atoms with Gasteiger partial charge in [-0.15, -0.1) is 0 Å². The molecule has 0 fully saturated rings. The lowest BCUT2D eigenvalue weighted by Crippen LogP contribution is -2.06. The summed E-state index contributed by atoms with van der Waals surface area (Å²) in [6.45, 7) is 2.02. The molecule has 0 spiro atoms. The summed E-state index contributed by atoms with van der Waals surface area (Å²) < 4.78 is 13.3. The maximum Gasteiger partial charge on any atom is 0.221 e. The molecule has 0 aromatic heterocycles. The first-order valence-electron chi connectivity index (χ1n) is 6.10. The van der Waals surface area contributed by atoms with Crippen molar-refractivity contribution < 1.29 is 9.18 Å². The second kappa shape index (κ2) is 6.39. The average Bonchev–Trinajstić information content (AvgIpc) is 2.41. The molecule has 0 unspecified atom stereocenters. The molecule has 0 saturated carbocycles. The van der Waals surface area contributed by atoms with Crippen molar-refractivity contribution in [2.75, 3.05) is 10.6 Å². The monoisotopic (exact) mass is 292 g/mol. The number of carbonyl (C=O) groups is 1. The van der Waals surface area contributed by atoms with Gasteiger partial charge in [0.05, 0.1) is 5.02 Å². The normalized spacial score (nSPS) is 10.2. The molecule has 0 heterocycles. The molecule has 0 aliphatic rings. The second-order valence-corrected chi connectivity index (χ2v) is 4.77. The number of amides is 1. The van der Waals surface area contributed by atoms with Crippen LogP contribution >= 0.6 is 11.6 Å². The van der Waals surface area contributed by atoms with Gasteiger partial charge in [-0.3, -0.25) is 4.79 Å². The van der Waals surface area contributed by atoms with Crippen LogP contribution in [0.2, 0.25) is 5.02 Å². The van der Waals surface area contributed by atoms with Gasteiger partial charge in [-0.25, -0.2) is 4.39 Å². The third-order valence-electron chi connectivity index (χ3n) is 2.69. The summed E-state index contributed by atoms with van der Waals surface area (Å²) in [6, 6.07) is 12.0. The second-order valence-electron chi connectivity index (χ2n) is 4.36. The summed E-state index contributed by atoms with van der Waals surface area (Å²) >= 11 is 5.62. The summed E-state index contributed by atoms with van der Waals surface area (Å²) in [5.74, 6) is -0.551. The van der Waals surface area contributed by atoms with Crippen LogP contribution in [0.4, 0.5) is 15.8 Å². The Balaban J connectivity index is 1.96. The number of hydrogen-bond donors (Lipinski definition) is 2. The highest BCUT2D eigenvalue weighted by Gasteiger charge is 2.01. The van der Waals surface area contributed by atoms with Gasteiger partial charge < -0.3 is 10.6 Å². The quantitative estimate of drug-likeness (QED) is 0.892. The zero-order chi connectivity index (χ0) is 14.5. The van der Waals surface area contributed by atoms with Crippen molar-refractivity contribution in [2.45, 2.75) is 13.5 Å². The van der Waals surface area contributed by atoms with Crippen LogP contribution in [0.3, 0.4) is 0 Å². The number of halogens is 2. The van der Waals surface area contributed by atoms with Crippen molar-refractivity contribution in [2.24, 2.45) is 0 Å². The molecule has 0 atom stereocenters. The van der Waals surface area contributed by atoms with Gasteiger partial charge in [-0.05, 0) is 35.9 Å². The summed E-state index contributed by atoms with van der Waals surface area (Å²) in [7, 11) is 0. The van der Waals surface area contributed by atoms with E-state index in [-0.39, 0.29) is 10.9 Å². The third-order valence-corrected chi connectivity index (χ3v) is 3.00. The standard InChI is InChI=1S/C15H14ClFN2O/c1-10(20)19-12-4-2-11(3-5-12)9-18-13-6-7-14(16)15(17)8-13/h2-8,18H,9H2,1H3,(H,19,20). The van der Waals surface area contributed by atoms with E-state index in [1.165, 1.54) is 19.1 Å². The van der Waals surface area contributed by atoms with Gasteiger partial charge >= 0.3 is 0 Å². The lowest BCUT2D eigenvalue weighted by atomic mass is 10.2. The summed E-state index contributed by atoms with van der Waals surface area (Å²) in [5.41, 5.74) is 2.44. The maximum atomic E-state index is 13.3. The predicted octanol–water partition coefficient (Wildman–Crippen LogP) is 4.05. The molecule has 20 heavy (non-hydrogen) atoms. The molecule has 2 aromatic rings. The highest BCUT2D eigenvalue weighted by molar-refractivity contribution is 6.30. The number of carbonyl (C=O) groups excluding carboxylic acids is 1. The van der Waals surface area contributed by atoms with Crippen LogP contribution in [-0.2, 0) is 11.3 Å². The van der Waals surface area contributed by atoms with E-state index in [1.54, 1.807) is 6.07 Å². The molecular formula is C15H14ClFN2O. The molecule has 0 saturated heterocycles. The fraction of sp³-hybridized carbons (Fsp3) is 0.133. The Bertz CT molecular complexity index is 614. The smallest absolute Gasteiger partial charge is 0.221 e. The summed E-state index contributed by atoms with van der Waals surface area (Å²) in [5, 5.41) is 5.91. The van der Waals surface area contributed by atoms with E-state index in [0.717, 1.165) is 11.3 Å². The Morgan fingerprint density at radius 3 is 2.40 bits per heavy atom. The number of rotatable bonds is 4. The zero-order valence-electron chi connectivity index (χ0n) is 10.9. The average molecular weight is 293 g/mol. The fourth-order valence-electron chi connectivity index (χ4n) is 1.72. The van der Waals surface area contributed by atoms with Crippen LogP contribution < -0.4 is 10.6 Å². The van der Waals surface area contributed by atoms with Crippen LogP contribution in [0.1, 0.15) is 12.5 Å². The fourth-order valence-corrected chi connectivity index (χ4v) is 1.84. The number of benzene rings is 2. The van der Waals surface area contributed by atoms with Crippen LogP contribution in [0, 0.1) is 5.82 Å². The Labute approximate surface area is 121 Å². The number of hydrogen-bond acceptors (Lipinski definition) is 2. The molecule has 2 aromatic carbocycles. The van der Waals surface area contributed by atoms with Gasteiger partial charge in [-0.2, -0.15) is 0 Å². The molecule has 2 N–H and O–H groups in total. The molecule has 1 amide bonds. The van der Waals surface area contributed by atoms with Gasteiger partial charge in [-0.1, -0.05) is 23.7 Å². The first kappa shape index (κ1) is 14.3. The molecule has 0 aliphatic heterocycles. The lowest BCUT2D eigenvalue weighted by Gasteiger charge is -2.08. The van der Waals surface area contributed by atoms with Crippen molar-refractivity contribution >= 4 is 28.9 Å². The third kappa shape index (κ3) is 3.96. The SMILES string of the molecule is CC(=O)Nc1ccc(CNc2ccc(Cl)c(F)c2)cc1. The van der Waals surface area contributed by atoms with E-state index in [1.807, 2.05) is 24.3 Å². The molecule has 5 heteroatoms. The minimum Gasteiger partial charge on any atom is -0.381 e. The van der Waals surface area contributed by atoms with Gasteiger partial charge in [0.25, 0.3) is 0 Å². The molecule has 104 valence electrons. The van der Waals surface area contributed by atoms with Crippen molar-refractivity contribution in [3.8, 4) is 0 Å². The van der Waals surface area contributed by atoms with Gasteiger partial charge in [0.2, 0.25) is 5.91 Å². The van der Waals surface area contributed by atoms with Crippen molar-refractivity contribution in [1.29, 1.82) is 0 Å². The Morgan fingerprint density at radius 2 is 1.80 bits per heavy atom. The largest absolute Gasteiger partial charge is 0.381 e. The minimum absolute atomic E-state index is 0.104. The zero-order valence-corrected chi connectivity index (χ0v) is 11.7. The highest BCUT2D eigenvalue weighted by atomic mass is 35.5. The van der Waals surface area contributed by atoms with Crippen molar-refractivity contribution in [3.05, 3.63) is 58.9 Å². The van der Waals surface area contributed by atoms with Crippen LogP contribution in [0.15, 0.2) is 42.5 Å². The van der Waals surface area contributed by atoms with E-state index in [4.69, 9.17) is 11.6 Å². The summed E-state index contributed by atoms with van der Waals surface area (Å²) in [4.78, 5) is 10.9. The van der Waals surface area contributed by atoms with Crippen LogP contribution in [0.25, 0.3) is 0 Å². The molecule has 3 nitrogen and oxygen atoms in total. The van der Waals surface area contributed by atoms with Crippen LogP contribution in [0.5, 0.6) is 0 Å². The van der Waals surface area contributed by atoms with E-state index in [9.17, 15) is 9.18 Å². The first-order valence-corrected chi connectivity index (χ1v) is 6.48. The van der Waals surface area contributed by atoms with Crippen molar-refractivity contribution in [1.82, 2.24) is 0 Å². The lowest BCUT2D eigenvalue weighted by molar-refractivity contribution is -0.114. The van der Waals surface area contributed by atoms with Crippen molar-refractivity contribution in [3.63, 3.8) is 0 Å². The Hall–Kier alpha value is -2.07. The number of nitrogens with one attached hydrogen (secondary N) is 2. The van der Waals surface area contributed by atoms with Gasteiger partial charge in [0.1, 0.15) is 5.82 Å². The molecule has 0 aliphatic carbocycles. The van der Waals surface area contributed by atoms with Gasteiger partial charge in [0.15, 0.2) is 0 Å². The first-order chi connectivity index (χ1) is 9.54. The summed E-state index contributed by atoms with van der Waals surface area (Å²) in [6.07, 6.45) is 0. The highest BCUT2D eigenvalue weighted by Crippen LogP contribution is 2.19. The van der Waals surface area contributed by atoms with E-state index >= 15 is 0 Å². The number of anilines is 2.